The summed E-state index contributed by atoms with van der Waals surface area (Å²) in [6, 6.07) is 9.11. The number of hydrogen-bond donors (Lipinski definition) is 2. The second-order valence-electron chi connectivity index (χ2n) is 4.47. The van der Waals surface area contributed by atoms with E-state index < -0.39 is 10.0 Å². The van der Waals surface area contributed by atoms with E-state index in [0.29, 0.717) is 5.69 Å². The number of thiophene rings is 1. The van der Waals surface area contributed by atoms with E-state index in [2.05, 4.69) is 10.0 Å². The molecule has 0 radical (unpaired) electrons. The molecule has 2 rings (SSSR count). The van der Waals surface area contributed by atoms with Gasteiger partial charge in [0, 0.05) is 6.04 Å². The first kappa shape index (κ1) is 15.2. The molecule has 0 saturated heterocycles. The Morgan fingerprint density at radius 1 is 1.25 bits per heavy atom. The van der Waals surface area contributed by atoms with Gasteiger partial charge >= 0.3 is 0 Å². The van der Waals surface area contributed by atoms with Gasteiger partial charge in [-0.05, 0) is 36.1 Å². The largest absolute Gasteiger partial charge is 0.377 e. The minimum Gasteiger partial charge on any atom is -0.377 e. The highest BCUT2D eigenvalue weighted by molar-refractivity contribution is 7.92. The molecule has 1 aromatic heterocycles. The maximum absolute atomic E-state index is 11.4. The van der Waals surface area contributed by atoms with Crippen molar-refractivity contribution in [2.75, 3.05) is 16.3 Å². The van der Waals surface area contributed by atoms with Gasteiger partial charge < -0.3 is 5.32 Å². The van der Waals surface area contributed by atoms with E-state index in [1.165, 1.54) is 11.3 Å². The zero-order valence-electron chi connectivity index (χ0n) is 11.1. The van der Waals surface area contributed by atoms with Crippen molar-refractivity contribution < 1.29 is 8.42 Å². The fourth-order valence-electron chi connectivity index (χ4n) is 1.76. The van der Waals surface area contributed by atoms with Crippen LogP contribution in [-0.2, 0) is 10.0 Å². The first-order valence-electron chi connectivity index (χ1n) is 5.92. The molecule has 1 unspecified atom stereocenters. The molecule has 0 saturated carbocycles. The highest BCUT2D eigenvalue weighted by Crippen LogP contribution is 2.30. The molecule has 0 aliphatic rings. The highest BCUT2D eigenvalue weighted by Gasteiger charge is 2.11. The Morgan fingerprint density at radius 2 is 1.90 bits per heavy atom. The van der Waals surface area contributed by atoms with Crippen molar-refractivity contribution in [3.63, 3.8) is 0 Å². The standard InChI is InChI=1S/C13H15ClN2O2S2/c1-9(10-7-13(14)19-8-10)15-11-5-3-4-6-12(11)16-20(2,17)18/h3-9,15-16H,1-2H3. The third-order valence-electron chi connectivity index (χ3n) is 2.68. The van der Waals surface area contributed by atoms with E-state index in [1.807, 2.05) is 30.5 Å². The van der Waals surface area contributed by atoms with E-state index in [-0.39, 0.29) is 6.04 Å². The molecule has 0 fully saturated rings. The SMILES string of the molecule is CC(Nc1ccccc1NS(C)(=O)=O)c1csc(Cl)c1. The van der Waals surface area contributed by atoms with Gasteiger partial charge in [0.05, 0.1) is 22.0 Å². The van der Waals surface area contributed by atoms with Crippen molar-refractivity contribution in [3.05, 3.63) is 45.6 Å². The molecule has 108 valence electrons. The van der Waals surface area contributed by atoms with E-state index in [1.54, 1.807) is 12.1 Å². The summed E-state index contributed by atoms with van der Waals surface area (Å²) in [5.41, 5.74) is 2.32. The van der Waals surface area contributed by atoms with Gasteiger partial charge in [-0.25, -0.2) is 8.42 Å². The molecular weight excluding hydrogens is 316 g/mol. The summed E-state index contributed by atoms with van der Waals surface area (Å²) in [6.07, 6.45) is 1.13. The Kier molecular flexibility index (Phi) is 4.57. The Labute approximate surface area is 127 Å². The van der Waals surface area contributed by atoms with Gasteiger partial charge in [0.2, 0.25) is 10.0 Å². The molecule has 1 aromatic carbocycles. The van der Waals surface area contributed by atoms with Crippen LogP contribution < -0.4 is 10.0 Å². The van der Waals surface area contributed by atoms with E-state index >= 15 is 0 Å². The molecule has 20 heavy (non-hydrogen) atoms. The number of benzene rings is 1. The number of para-hydroxylation sites is 2. The van der Waals surface area contributed by atoms with Crippen LogP contribution in [0.25, 0.3) is 0 Å². The number of nitrogens with one attached hydrogen (secondary N) is 2. The third kappa shape index (κ3) is 4.13. The lowest BCUT2D eigenvalue weighted by molar-refractivity contribution is 0.607. The Morgan fingerprint density at radius 3 is 2.45 bits per heavy atom. The second-order valence-corrected chi connectivity index (χ2v) is 7.76. The molecule has 1 atom stereocenters. The predicted octanol–water partition coefficient (Wildman–Crippen LogP) is 3.95. The minimum atomic E-state index is -3.31. The normalized spacial score (nSPS) is 12.9. The monoisotopic (exact) mass is 330 g/mol. The smallest absolute Gasteiger partial charge is 0.229 e. The number of sulfonamides is 1. The lowest BCUT2D eigenvalue weighted by Gasteiger charge is -2.17. The maximum atomic E-state index is 11.4. The molecule has 2 aromatic rings. The molecule has 0 aliphatic heterocycles. The maximum Gasteiger partial charge on any atom is 0.229 e. The average Bonchev–Trinajstić information content (AvgIpc) is 2.77. The number of rotatable bonds is 5. The molecular formula is C13H15ClN2O2S2. The van der Waals surface area contributed by atoms with E-state index in [9.17, 15) is 8.42 Å². The van der Waals surface area contributed by atoms with Crippen molar-refractivity contribution in [3.8, 4) is 0 Å². The van der Waals surface area contributed by atoms with Gasteiger partial charge in [-0.2, -0.15) is 0 Å². The van der Waals surface area contributed by atoms with Crippen LogP contribution in [0.4, 0.5) is 11.4 Å². The molecule has 1 heterocycles. The fraction of sp³-hybridized carbons (Fsp3) is 0.231. The van der Waals surface area contributed by atoms with Gasteiger partial charge in [-0.1, -0.05) is 23.7 Å². The molecule has 0 spiro atoms. The van der Waals surface area contributed by atoms with Crippen molar-refractivity contribution in [2.24, 2.45) is 0 Å². The van der Waals surface area contributed by atoms with Crippen molar-refractivity contribution in [1.29, 1.82) is 0 Å². The summed E-state index contributed by atoms with van der Waals surface area (Å²) < 4.78 is 25.9. The summed E-state index contributed by atoms with van der Waals surface area (Å²) in [5, 5.41) is 5.26. The van der Waals surface area contributed by atoms with Crippen molar-refractivity contribution >= 4 is 44.3 Å². The molecule has 0 amide bonds. The highest BCUT2D eigenvalue weighted by atomic mass is 35.5. The lowest BCUT2D eigenvalue weighted by Crippen LogP contribution is -2.13. The van der Waals surface area contributed by atoms with Crippen molar-refractivity contribution in [2.45, 2.75) is 13.0 Å². The Balaban J connectivity index is 2.21. The minimum absolute atomic E-state index is 0.0289. The number of anilines is 2. The molecule has 0 bridgehead atoms. The molecule has 0 aliphatic carbocycles. The summed E-state index contributed by atoms with van der Waals surface area (Å²) in [4.78, 5) is 0. The van der Waals surface area contributed by atoms with Crippen LogP contribution in [0.1, 0.15) is 18.5 Å². The predicted molar refractivity (Wildman–Crippen MR) is 86.3 cm³/mol. The van der Waals surface area contributed by atoms with Crippen LogP contribution in [0.3, 0.4) is 0 Å². The molecule has 4 nitrogen and oxygen atoms in total. The summed E-state index contributed by atoms with van der Waals surface area (Å²) in [6.45, 7) is 2.00. The van der Waals surface area contributed by atoms with Crippen LogP contribution in [0.5, 0.6) is 0 Å². The van der Waals surface area contributed by atoms with Crippen molar-refractivity contribution in [1.82, 2.24) is 0 Å². The van der Waals surface area contributed by atoms with Gasteiger partial charge in [0.15, 0.2) is 0 Å². The zero-order chi connectivity index (χ0) is 14.8. The Bertz CT molecular complexity index is 698. The zero-order valence-corrected chi connectivity index (χ0v) is 13.4. The summed E-state index contributed by atoms with van der Waals surface area (Å²) in [5.74, 6) is 0. The van der Waals surface area contributed by atoms with Crippen LogP contribution >= 0.6 is 22.9 Å². The fourth-order valence-corrected chi connectivity index (χ4v) is 3.33. The van der Waals surface area contributed by atoms with Crippen LogP contribution in [0.15, 0.2) is 35.7 Å². The number of hydrogen-bond acceptors (Lipinski definition) is 4. The molecule has 7 heteroatoms. The van der Waals surface area contributed by atoms with Crippen LogP contribution in [-0.4, -0.2) is 14.7 Å². The molecule has 2 N–H and O–H groups in total. The summed E-state index contributed by atoms with van der Waals surface area (Å²) in [7, 11) is -3.31. The van der Waals surface area contributed by atoms with Gasteiger partial charge in [-0.3, -0.25) is 4.72 Å². The summed E-state index contributed by atoms with van der Waals surface area (Å²) >= 11 is 7.40. The van der Waals surface area contributed by atoms with E-state index in [4.69, 9.17) is 11.6 Å². The van der Waals surface area contributed by atoms with Crippen LogP contribution in [0, 0.1) is 0 Å². The lowest BCUT2D eigenvalue weighted by atomic mass is 10.1. The van der Waals surface area contributed by atoms with Crippen LogP contribution in [0.2, 0.25) is 4.34 Å². The van der Waals surface area contributed by atoms with Gasteiger partial charge in [0.25, 0.3) is 0 Å². The number of halogens is 1. The second kappa shape index (κ2) is 6.03. The van der Waals surface area contributed by atoms with E-state index in [0.717, 1.165) is 21.8 Å². The topological polar surface area (TPSA) is 58.2 Å². The first-order valence-corrected chi connectivity index (χ1v) is 9.07. The Hall–Kier alpha value is -1.24. The first-order chi connectivity index (χ1) is 9.35. The van der Waals surface area contributed by atoms with Gasteiger partial charge in [0.1, 0.15) is 0 Å². The third-order valence-corrected chi connectivity index (χ3v) is 4.38. The van der Waals surface area contributed by atoms with Gasteiger partial charge in [-0.15, -0.1) is 11.3 Å². The quantitative estimate of drug-likeness (QED) is 0.872. The average molecular weight is 331 g/mol.